The van der Waals surface area contributed by atoms with Crippen molar-refractivity contribution in [2.45, 2.75) is 0 Å². The lowest BCUT2D eigenvalue weighted by Gasteiger charge is -2.26. The van der Waals surface area contributed by atoms with Gasteiger partial charge in [0.15, 0.2) is 11.6 Å². The number of hydrogen-bond acceptors (Lipinski definition) is 4. The van der Waals surface area contributed by atoms with Crippen LogP contribution in [0.2, 0.25) is 0 Å². The van der Waals surface area contributed by atoms with Gasteiger partial charge in [0.2, 0.25) is 5.95 Å². The van der Waals surface area contributed by atoms with Gasteiger partial charge in [-0.1, -0.05) is 188 Å². The molecule has 310 valence electrons. The molecule has 0 radical (unpaired) electrons. The van der Waals surface area contributed by atoms with E-state index in [0.717, 1.165) is 83.4 Å². The Bertz CT molecular complexity index is 3590. The molecule has 0 aliphatic rings. The molecule has 0 saturated carbocycles. The van der Waals surface area contributed by atoms with Crippen LogP contribution < -0.4 is 4.90 Å². The quantitative estimate of drug-likeness (QED) is 0.145. The number of anilines is 3. The highest BCUT2D eigenvalue weighted by Gasteiger charge is 2.20. The Hall–Kier alpha value is -8.93. The molecule has 0 fully saturated rings. The molecule has 0 unspecified atom stereocenters. The molecule has 0 aliphatic heterocycles. The van der Waals surface area contributed by atoms with E-state index in [1.54, 1.807) is 0 Å². The fourth-order valence-corrected chi connectivity index (χ4v) is 9.17. The summed E-state index contributed by atoms with van der Waals surface area (Å²) in [6, 6.07) is 87.7. The second-order valence-electron chi connectivity index (χ2n) is 16.5. The van der Waals surface area contributed by atoms with Crippen molar-refractivity contribution >= 4 is 49.6 Å². The zero-order valence-electron chi connectivity index (χ0n) is 35.9. The maximum atomic E-state index is 5.33. The minimum absolute atomic E-state index is 0.554. The van der Waals surface area contributed by atoms with Gasteiger partial charge in [-0.3, -0.25) is 4.57 Å². The summed E-state index contributed by atoms with van der Waals surface area (Å²) in [6.07, 6.45) is 0. The lowest BCUT2D eigenvalue weighted by Crippen LogP contribution is -2.09. The number of nitrogens with zero attached hydrogens (tertiary/aromatic N) is 5. The fraction of sp³-hybridized carbons (Fsp3) is 0. The highest BCUT2D eigenvalue weighted by molar-refractivity contribution is 6.10. The van der Waals surface area contributed by atoms with Gasteiger partial charge in [-0.25, -0.2) is 4.98 Å². The molecule has 2 aromatic heterocycles. The van der Waals surface area contributed by atoms with Gasteiger partial charge in [-0.15, -0.1) is 0 Å². The van der Waals surface area contributed by atoms with Crippen LogP contribution in [0.3, 0.4) is 0 Å². The molecular weight excluding hydrogens is 803 g/mol. The molecule has 5 heteroatoms. The normalized spacial score (nSPS) is 11.3. The van der Waals surface area contributed by atoms with Crippen LogP contribution >= 0.6 is 0 Å². The Morgan fingerprint density at radius 2 is 0.742 bits per heavy atom. The molecule has 0 spiro atoms. The van der Waals surface area contributed by atoms with Crippen LogP contribution in [-0.4, -0.2) is 19.5 Å². The third-order valence-electron chi connectivity index (χ3n) is 12.4. The van der Waals surface area contributed by atoms with Gasteiger partial charge < -0.3 is 4.90 Å². The summed E-state index contributed by atoms with van der Waals surface area (Å²) in [4.78, 5) is 18.2. The summed E-state index contributed by atoms with van der Waals surface area (Å²) < 4.78 is 2.20. The van der Waals surface area contributed by atoms with Gasteiger partial charge in [0, 0.05) is 39.0 Å². The maximum absolute atomic E-state index is 5.33. The van der Waals surface area contributed by atoms with E-state index in [4.69, 9.17) is 15.0 Å². The second-order valence-corrected chi connectivity index (χ2v) is 16.5. The molecule has 10 aromatic carbocycles. The van der Waals surface area contributed by atoms with Gasteiger partial charge >= 0.3 is 0 Å². The molecule has 5 nitrogen and oxygen atoms in total. The lowest BCUT2D eigenvalue weighted by molar-refractivity contribution is 0.953. The van der Waals surface area contributed by atoms with Crippen LogP contribution in [0.1, 0.15) is 0 Å². The van der Waals surface area contributed by atoms with Crippen molar-refractivity contribution in [1.82, 2.24) is 19.5 Å². The zero-order chi connectivity index (χ0) is 43.8. The second kappa shape index (κ2) is 16.6. The molecule has 0 bridgehead atoms. The van der Waals surface area contributed by atoms with Crippen molar-refractivity contribution in [2.24, 2.45) is 0 Å². The number of aromatic nitrogens is 4. The van der Waals surface area contributed by atoms with Gasteiger partial charge in [0.1, 0.15) is 0 Å². The summed E-state index contributed by atoms with van der Waals surface area (Å²) in [5, 5.41) is 4.67. The minimum atomic E-state index is 0.554. The van der Waals surface area contributed by atoms with Crippen LogP contribution in [0.5, 0.6) is 0 Å². The molecule has 66 heavy (non-hydrogen) atoms. The van der Waals surface area contributed by atoms with Gasteiger partial charge in [0.05, 0.1) is 11.0 Å². The Morgan fingerprint density at radius 1 is 0.273 bits per heavy atom. The molecule has 0 saturated heterocycles. The molecule has 12 rings (SSSR count). The van der Waals surface area contributed by atoms with E-state index >= 15 is 0 Å². The van der Waals surface area contributed by atoms with Crippen molar-refractivity contribution in [3.8, 4) is 62.1 Å². The van der Waals surface area contributed by atoms with Crippen molar-refractivity contribution in [3.63, 3.8) is 0 Å². The minimum Gasteiger partial charge on any atom is -0.310 e. The molecular formula is C61H41N5. The largest absolute Gasteiger partial charge is 0.310 e. The standard InChI is InChI=1S/C61H41N5/c1-4-16-42(17-5-1)46-22-14-24-50(38-46)59-62-60(51-25-15-23-47(39-51)43-18-6-2-7-19-43)64-61(63-59)66-57-29-13-12-28-55(57)56-37-33-49(41-58(56)66)45-30-34-53(35-31-45)65(52-26-8-3-9-27-52)54-36-32-44-20-10-11-21-48(44)40-54/h1-41H. The fourth-order valence-electron chi connectivity index (χ4n) is 9.17. The number of benzene rings is 10. The predicted molar refractivity (Wildman–Crippen MR) is 274 cm³/mol. The summed E-state index contributed by atoms with van der Waals surface area (Å²) in [5.41, 5.74) is 13.8. The van der Waals surface area contributed by atoms with E-state index in [9.17, 15) is 0 Å². The number of fused-ring (bicyclic) bond motifs is 4. The molecule has 2 heterocycles. The highest BCUT2D eigenvalue weighted by atomic mass is 15.2. The van der Waals surface area contributed by atoms with E-state index in [0.29, 0.717) is 17.6 Å². The third kappa shape index (κ3) is 7.25. The first-order chi connectivity index (χ1) is 32.7. The number of rotatable bonds is 9. The van der Waals surface area contributed by atoms with E-state index in [-0.39, 0.29) is 0 Å². The first-order valence-electron chi connectivity index (χ1n) is 22.3. The van der Waals surface area contributed by atoms with Gasteiger partial charge in [-0.05, 0) is 105 Å². The van der Waals surface area contributed by atoms with Crippen molar-refractivity contribution < 1.29 is 0 Å². The Balaban J connectivity index is 1.00. The topological polar surface area (TPSA) is 46.8 Å². The lowest BCUT2D eigenvalue weighted by atomic mass is 10.0. The third-order valence-corrected chi connectivity index (χ3v) is 12.4. The summed E-state index contributed by atoms with van der Waals surface area (Å²) in [5.74, 6) is 1.76. The molecule has 0 amide bonds. The Kier molecular flexibility index (Phi) is 9.77. The smallest absolute Gasteiger partial charge is 0.238 e. The van der Waals surface area contributed by atoms with Crippen LogP contribution in [0.4, 0.5) is 17.1 Å². The Labute approximate surface area is 383 Å². The van der Waals surface area contributed by atoms with E-state index in [1.165, 1.54) is 10.8 Å². The predicted octanol–water partition coefficient (Wildman–Crippen LogP) is 15.9. The summed E-state index contributed by atoms with van der Waals surface area (Å²) in [6.45, 7) is 0. The van der Waals surface area contributed by atoms with Crippen molar-refractivity contribution in [2.75, 3.05) is 4.90 Å². The summed E-state index contributed by atoms with van der Waals surface area (Å²) >= 11 is 0. The van der Waals surface area contributed by atoms with E-state index in [1.807, 2.05) is 12.1 Å². The highest BCUT2D eigenvalue weighted by Crippen LogP contribution is 2.39. The average molecular weight is 844 g/mol. The van der Waals surface area contributed by atoms with Gasteiger partial charge in [0.25, 0.3) is 0 Å². The van der Waals surface area contributed by atoms with Crippen molar-refractivity contribution in [1.29, 1.82) is 0 Å². The molecule has 12 aromatic rings. The number of para-hydroxylation sites is 2. The van der Waals surface area contributed by atoms with Crippen LogP contribution in [0.15, 0.2) is 249 Å². The average Bonchev–Trinajstić information content (AvgIpc) is 3.73. The van der Waals surface area contributed by atoms with Gasteiger partial charge in [-0.2, -0.15) is 9.97 Å². The number of hydrogen-bond donors (Lipinski definition) is 0. The maximum Gasteiger partial charge on any atom is 0.238 e. The van der Waals surface area contributed by atoms with Crippen LogP contribution in [0, 0.1) is 0 Å². The molecule has 0 N–H and O–H groups in total. The SMILES string of the molecule is c1ccc(-c2cccc(-c3nc(-c4cccc(-c5ccccc5)c4)nc(-n4c5ccccc5c5ccc(-c6ccc(N(c7ccccc7)c7ccc8ccccc8c7)cc6)cc54)n3)c2)cc1. The zero-order valence-corrected chi connectivity index (χ0v) is 35.9. The summed E-state index contributed by atoms with van der Waals surface area (Å²) in [7, 11) is 0. The first kappa shape index (κ1) is 38.7. The van der Waals surface area contributed by atoms with Crippen LogP contribution in [0.25, 0.3) is 94.7 Å². The van der Waals surface area contributed by atoms with Crippen molar-refractivity contribution in [3.05, 3.63) is 249 Å². The van der Waals surface area contributed by atoms with E-state index < -0.39 is 0 Å². The molecule has 0 aliphatic carbocycles. The Morgan fingerprint density at radius 3 is 1.41 bits per heavy atom. The van der Waals surface area contributed by atoms with E-state index in [2.05, 4.69) is 246 Å². The van der Waals surface area contributed by atoms with Crippen LogP contribution in [-0.2, 0) is 0 Å². The monoisotopic (exact) mass is 843 g/mol. The first-order valence-corrected chi connectivity index (χ1v) is 22.3. The molecule has 0 atom stereocenters.